The predicted molar refractivity (Wildman–Crippen MR) is 151 cm³/mol. The summed E-state index contributed by atoms with van der Waals surface area (Å²) in [6.07, 6.45) is 13.5. The summed E-state index contributed by atoms with van der Waals surface area (Å²) in [7, 11) is 0. The SMILES string of the molecule is CCCCCCCCCCCCCC(=O)N(c1cc(C(C)(C)C)c(O)c(C(C)(C)C)c1)[C@@H](C)C(=O)O. The summed E-state index contributed by atoms with van der Waals surface area (Å²) in [4.78, 5) is 26.7. The van der Waals surface area contributed by atoms with E-state index < -0.39 is 12.0 Å². The van der Waals surface area contributed by atoms with Crippen LogP contribution in [-0.2, 0) is 20.4 Å². The molecule has 0 aromatic heterocycles. The van der Waals surface area contributed by atoms with E-state index in [4.69, 9.17) is 0 Å². The second kappa shape index (κ2) is 14.6. The van der Waals surface area contributed by atoms with E-state index in [0.29, 0.717) is 12.1 Å². The van der Waals surface area contributed by atoms with Gasteiger partial charge in [0.1, 0.15) is 11.8 Å². The van der Waals surface area contributed by atoms with Crippen LogP contribution < -0.4 is 4.90 Å². The first-order chi connectivity index (χ1) is 16.7. The van der Waals surface area contributed by atoms with Crippen molar-refractivity contribution in [1.82, 2.24) is 0 Å². The Morgan fingerprint density at radius 3 is 1.53 bits per heavy atom. The molecule has 0 radical (unpaired) electrons. The van der Waals surface area contributed by atoms with Crippen LogP contribution in [0.4, 0.5) is 5.69 Å². The molecule has 0 bridgehead atoms. The van der Waals surface area contributed by atoms with Gasteiger partial charge < -0.3 is 10.2 Å². The highest BCUT2D eigenvalue weighted by molar-refractivity contribution is 5.99. The Bertz CT molecular complexity index is 797. The number of nitrogens with zero attached hydrogens (tertiary/aromatic N) is 1. The molecule has 1 atom stereocenters. The number of phenolic OH excluding ortho intramolecular Hbond substituents is 1. The van der Waals surface area contributed by atoms with E-state index in [2.05, 4.69) is 6.92 Å². The third kappa shape index (κ3) is 10.1. The van der Waals surface area contributed by atoms with Gasteiger partial charge in [0, 0.05) is 23.2 Å². The lowest BCUT2D eigenvalue weighted by Crippen LogP contribution is -2.43. The van der Waals surface area contributed by atoms with Crippen LogP contribution in [-0.4, -0.2) is 28.1 Å². The number of benzene rings is 1. The van der Waals surface area contributed by atoms with Crippen molar-refractivity contribution in [2.45, 2.75) is 149 Å². The first kappa shape index (κ1) is 32.0. The third-order valence-corrected chi connectivity index (χ3v) is 7.00. The van der Waals surface area contributed by atoms with Crippen LogP contribution in [0.1, 0.15) is 144 Å². The topological polar surface area (TPSA) is 77.8 Å². The number of carboxylic acids is 1. The Labute approximate surface area is 220 Å². The zero-order valence-corrected chi connectivity index (χ0v) is 24.4. The van der Waals surface area contributed by atoms with Gasteiger partial charge in [-0.2, -0.15) is 0 Å². The zero-order valence-electron chi connectivity index (χ0n) is 24.4. The van der Waals surface area contributed by atoms with E-state index in [1.54, 1.807) is 19.1 Å². The predicted octanol–water partition coefficient (Wildman–Crippen LogP) is 8.49. The number of anilines is 1. The number of amides is 1. The van der Waals surface area contributed by atoms with E-state index in [1.807, 2.05) is 41.5 Å². The first-order valence-corrected chi connectivity index (χ1v) is 14.1. The van der Waals surface area contributed by atoms with Crippen molar-refractivity contribution < 1.29 is 19.8 Å². The van der Waals surface area contributed by atoms with Gasteiger partial charge in [0.05, 0.1) is 0 Å². The molecule has 0 fully saturated rings. The molecule has 1 aromatic rings. The third-order valence-electron chi connectivity index (χ3n) is 7.00. The normalized spacial score (nSPS) is 13.0. The number of hydrogen-bond donors (Lipinski definition) is 2. The molecule has 2 N–H and O–H groups in total. The average Bonchev–Trinajstić information content (AvgIpc) is 2.76. The highest BCUT2D eigenvalue weighted by Crippen LogP contribution is 2.42. The van der Waals surface area contributed by atoms with E-state index in [0.717, 1.165) is 30.4 Å². The summed E-state index contributed by atoms with van der Waals surface area (Å²) in [5, 5.41) is 20.8. The standard InChI is InChI=1S/C31H53NO4/c1-9-10-11-12-13-14-15-16-17-18-19-20-27(33)32(23(2)29(35)36)24-21-25(30(3,4)5)28(34)26(22-24)31(6,7)8/h21-23,34H,9-20H2,1-8H3,(H,35,36)/t23-/m0/s1. The second-order valence-electron chi connectivity index (χ2n) is 12.5. The van der Waals surface area contributed by atoms with Gasteiger partial charge in [-0.15, -0.1) is 0 Å². The van der Waals surface area contributed by atoms with E-state index in [9.17, 15) is 19.8 Å². The Kier molecular flexibility index (Phi) is 13.0. The minimum absolute atomic E-state index is 0.175. The Balaban J connectivity index is 2.91. The molecule has 1 rings (SSSR count). The monoisotopic (exact) mass is 503 g/mol. The van der Waals surface area contributed by atoms with E-state index in [1.165, 1.54) is 56.3 Å². The van der Waals surface area contributed by atoms with Crippen molar-refractivity contribution >= 4 is 17.6 Å². The first-order valence-electron chi connectivity index (χ1n) is 14.1. The van der Waals surface area contributed by atoms with Gasteiger partial charge in [-0.25, -0.2) is 4.79 Å². The number of carbonyl (C=O) groups is 2. The van der Waals surface area contributed by atoms with Crippen molar-refractivity contribution in [3.8, 4) is 5.75 Å². The fraction of sp³-hybridized carbons (Fsp3) is 0.742. The van der Waals surface area contributed by atoms with Crippen LogP contribution in [0, 0.1) is 0 Å². The number of hydrogen-bond acceptors (Lipinski definition) is 3. The molecule has 0 unspecified atom stereocenters. The lowest BCUT2D eigenvalue weighted by Gasteiger charge is -2.32. The summed E-state index contributed by atoms with van der Waals surface area (Å²) in [5.41, 5.74) is 1.25. The van der Waals surface area contributed by atoms with Gasteiger partial charge in [-0.3, -0.25) is 9.69 Å². The van der Waals surface area contributed by atoms with Crippen LogP contribution in [0.2, 0.25) is 0 Å². The minimum atomic E-state index is -1.04. The van der Waals surface area contributed by atoms with Crippen molar-refractivity contribution in [3.63, 3.8) is 0 Å². The molecule has 5 nitrogen and oxygen atoms in total. The van der Waals surface area contributed by atoms with Crippen LogP contribution >= 0.6 is 0 Å². The maximum atomic E-state index is 13.4. The Hall–Kier alpha value is -2.04. The summed E-state index contributed by atoms with van der Waals surface area (Å²) < 4.78 is 0. The number of aliphatic carboxylic acids is 1. The molecule has 5 heteroatoms. The van der Waals surface area contributed by atoms with Crippen LogP contribution in [0.3, 0.4) is 0 Å². The molecule has 1 amide bonds. The summed E-state index contributed by atoms with van der Waals surface area (Å²) in [6.45, 7) is 15.9. The Morgan fingerprint density at radius 2 is 1.17 bits per heavy atom. The fourth-order valence-corrected chi connectivity index (χ4v) is 4.66. The van der Waals surface area contributed by atoms with Crippen molar-refractivity contribution in [3.05, 3.63) is 23.3 Å². The van der Waals surface area contributed by atoms with Gasteiger partial charge in [0.2, 0.25) is 5.91 Å². The zero-order chi connectivity index (χ0) is 27.5. The molecule has 0 heterocycles. The largest absolute Gasteiger partial charge is 0.507 e. The highest BCUT2D eigenvalue weighted by atomic mass is 16.4. The number of aromatic hydroxyl groups is 1. The van der Waals surface area contributed by atoms with Crippen LogP contribution in [0.15, 0.2) is 12.1 Å². The molecule has 0 saturated heterocycles. The van der Waals surface area contributed by atoms with E-state index in [-0.39, 0.29) is 22.5 Å². The lowest BCUT2D eigenvalue weighted by molar-refractivity contribution is -0.139. The molecule has 0 spiro atoms. The van der Waals surface area contributed by atoms with Crippen molar-refractivity contribution in [1.29, 1.82) is 0 Å². The van der Waals surface area contributed by atoms with Crippen LogP contribution in [0.25, 0.3) is 0 Å². The summed E-state index contributed by atoms with van der Waals surface area (Å²) >= 11 is 0. The quantitative estimate of drug-likeness (QED) is 0.235. The number of carboxylic acid groups (broad SMARTS) is 1. The van der Waals surface area contributed by atoms with Gasteiger partial charge in [-0.1, -0.05) is 113 Å². The molecular formula is C31H53NO4. The maximum absolute atomic E-state index is 13.4. The molecule has 36 heavy (non-hydrogen) atoms. The number of unbranched alkanes of at least 4 members (excludes halogenated alkanes) is 10. The highest BCUT2D eigenvalue weighted by Gasteiger charge is 2.32. The molecule has 206 valence electrons. The van der Waals surface area contributed by atoms with Crippen LogP contribution in [0.5, 0.6) is 5.75 Å². The fourth-order valence-electron chi connectivity index (χ4n) is 4.66. The second-order valence-corrected chi connectivity index (χ2v) is 12.5. The van der Waals surface area contributed by atoms with Crippen molar-refractivity contribution in [2.75, 3.05) is 4.90 Å². The minimum Gasteiger partial charge on any atom is -0.507 e. The van der Waals surface area contributed by atoms with Gasteiger partial charge >= 0.3 is 5.97 Å². The molecular weight excluding hydrogens is 450 g/mol. The number of rotatable bonds is 15. The lowest BCUT2D eigenvalue weighted by atomic mass is 9.79. The summed E-state index contributed by atoms with van der Waals surface area (Å²) in [6, 6.07) is 2.60. The molecule has 1 aromatic carbocycles. The number of phenols is 1. The smallest absolute Gasteiger partial charge is 0.326 e. The maximum Gasteiger partial charge on any atom is 0.326 e. The molecule has 0 saturated carbocycles. The van der Waals surface area contributed by atoms with Crippen molar-refractivity contribution in [2.24, 2.45) is 0 Å². The number of carbonyl (C=O) groups excluding carboxylic acids is 1. The van der Waals surface area contributed by atoms with Gasteiger partial charge in [0.15, 0.2) is 0 Å². The Morgan fingerprint density at radius 1 is 0.778 bits per heavy atom. The van der Waals surface area contributed by atoms with Gasteiger partial charge in [-0.05, 0) is 36.3 Å². The van der Waals surface area contributed by atoms with E-state index >= 15 is 0 Å². The molecule has 0 aliphatic carbocycles. The molecule has 0 aliphatic rings. The summed E-state index contributed by atoms with van der Waals surface area (Å²) in [5.74, 6) is -0.990. The molecule has 0 aliphatic heterocycles. The average molecular weight is 504 g/mol. The van der Waals surface area contributed by atoms with Gasteiger partial charge in [0.25, 0.3) is 0 Å².